The molecule has 3 aromatic rings. The predicted octanol–water partition coefficient (Wildman–Crippen LogP) is 4.82. The summed E-state index contributed by atoms with van der Waals surface area (Å²) in [6, 6.07) is 19.1. The topological polar surface area (TPSA) is 46.9 Å². The average Bonchev–Trinajstić information content (AvgIpc) is 3.10. The number of para-hydroxylation sites is 2. The summed E-state index contributed by atoms with van der Waals surface area (Å²) in [6.07, 6.45) is 6.94. The zero-order valence-electron chi connectivity index (χ0n) is 16.1. The van der Waals surface area contributed by atoms with Crippen LogP contribution in [0.25, 0.3) is 11.0 Å². The van der Waals surface area contributed by atoms with E-state index in [0.29, 0.717) is 11.8 Å². The quantitative estimate of drug-likeness (QED) is 0.586. The molecule has 1 aliphatic carbocycles. The summed E-state index contributed by atoms with van der Waals surface area (Å²) in [5, 5.41) is 4.13. The monoisotopic (exact) mass is 393 g/mol. The van der Waals surface area contributed by atoms with Gasteiger partial charge in [-0.05, 0) is 37.0 Å². The van der Waals surface area contributed by atoms with Crippen LogP contribution in [0.3, 0.4) is 0 Å². The van der Waals surface area contributed by atoms with Crippen LogP contribution in [0.5, 0.6) is 0 Å². The number of amides is 1. The lowest BCUT2D eigenvalue weighted by atomic mass is 9.95. The van der Waals surface area contributed by atoms with Crippen LogP contribution in [-0.2, 0) is 17.8 Å². The van der Waals surface area contributed by atoms with Gasteiger partial charge in [0.1, 0.15) is 0 Å². The molecule has 2 aromatic carbocycles. The molecule has 4 rings (SSSR count). The molecular weight excluding hydrogens is 366 g/mol. The Balaban J connectivity index is 1.44. The molecule has 0 saturated heterocycles. The number of aryl methyl sites for hydroxylation is 2. The maximum Gasteiger partial charge on any atom is 0.230 e. The Morgan fingerprint density at radius 1 is 1.04 bits per heavy atom. The minimum absolute atomic E-state index is 0.124. The first-order valence-corrected chi connectivity index (χ1v) is 11.2. The number of hydrogen-bond acceptors (Lipinski definition) is 3. The van der Waals surface area contributed by atoms with Crippen LogP contribution in [0, 0.1) is 0 Å². The van der Waals surface area contributed by atoms with Crippen molar-refractivity contribution in [1.82, 2.24) is 14.9 Å². The van der Waals surface area contributed by atoms with Crippen molar-refractivity contribution in [3.05, 3.63) is 60.2 Å². The number of imidazole rings is 1. The molecule has 0 spiro atoms. The van der Waals surface area contributed by atoms with Gasteiger partial charge >= 0.3 is 0 Å². The van der Waals surface area contributed by atoms with Gasteiger partial charge in [-0.1, -0.05) is 73.5 Å². The van der Waals surface area contributed by atoms with E-state index in [-0.39, 0.29) is 5.91 Å². The third kappa shape index (κ3) is 4.76. The fraction of sp³-hybridized carbons (Fsp3) is 0.391. The molecule has 4 nitrogen and oxygen atoms in total. The second-order valence-electron chi connectivity index (χ2n) is 7.46. The molecule has 0 radical (unpaired) electrons. The maximum atomic E-state index is 12.4. The summed E-state index contributed by atoms with van der Waals surface area (Å²) in [6.45, 7) is 0.858. The second kappa shape index (κ2) is 9.28. The number of hydrogen-bond donors (Lipinski definition) is 1. The average molecular weight is 394 g/mol. The highest BCUT2D eigenvalue weighted by Gasteiger charge is 2.17. The van der Waals surface area contributed by atoms with Crippen molar-refractivity contribution in [2.75, 3.05) is 5.75 Å². The van der Waals surface area contributed by atoms with Crippen molar-refractivity contribution >= 4 is 28.7 Å². The van der Waals surface area contributed by atoms with Crippen molar-refractivity contribution in [3.8, 4) is 0 Å². The molecule has 1 saturated carbocycles. The van der Waals surface area contributed by atoms with Gasteiger partial charge in [0.15, 0.2) is 5.16 Å². The molecule has 1 heterocycles. The molecule has 1 N–H and O–H groups in total. The van der Waals surface area contributed by atoms with Gasteiger partial charge in [0.2, 0.25) is 5.91 Å². The normalized spacial score (nSPS) is 15.0. The smallest absolute Gasteiger partial charge is 0.230 e. The van der Waals surface area contributed by atoms with Crippen LogP contribution >= 0.6 is 11.8 Å². The molecule has 0 unspecified atom stereocenters. The number of aromatic nitrogens is 2. The highest BCUT2D eigenvalue weighted by atomic mass is 32.2. The van der Waals surface area contributed by atoms with Crippen LogP contribution in [0.1, 0.15) is 37.7 Å². The lowest BCUT2D eigenvalue weighted by molar-refractivity contribution is -0.119. The van der Waals surface area contributed by atoms with E-state index in [2.05, 4.69) is 40.2 Å². The molecule has 0 bridgehead atoms. The lowest BCUT2D eigenvalue weighted by Crippen LogP contribution is -2.37. The van der Waals surface area contributed by atoms with Crippen molar-refractivity contribution in [3.63, 3.8) is 0 Å². The van der Waals surface area contributed by atoms with Gasteiger partial charge in [-0.3, -0.25) is 4.79 Å². The third-order valence-electron chi connectivity index (χ3n) is 5.39. The number of nitrogens with one attached hydrogen (secondary N) is 1. The highest BCUT2D eigenvalue weighted by molar-refractivity contribution is 7.99. The molecular formula is C23H27N3OS. The molecule has 1 aliphatic rings. The fourth-order valence-electron chi connectivity index (χ4n) is 3.91. The number of rotatable bonds is 7. The van der Waals surface area contributed by atoms with Crippen molar-refractivity contribution in [2.45, 2.75) is 56.3 Å². The van der Waals surface area contributed by atoms with Gasteiger partial charge < -0.3 is 9.88 Å². The zero-order valence-corrected chi connectivity index (χ0v) is 17.0. The van der Waals surface area contributed by atoms with E-state index in [1.54, 1.807) is 11.8 Å². The van der Waals surface area contributed by atoms with Gasteiger partial charge in [-0.15, -0.1) is 0 Å². The Morgan fingerprint density at radius 3 is 2.61 bits per heavy atom. The summed E-state index contributed by atoms with van der Waals surface area (Å²) >= 11 is 1.54. The van der Waals surface area contributed by atoms with E-state index >= 15 is 0 Å². The van der Waals surface area contributed by atoms with Gasteiger partial charge in [-0.2, -0.15) is 0 Å². The van der Waals surface area contributed by atoms with Crippen LogP contribution in [-0.4, -0.2) is 27.3 Å². The van der Waals surface area contributed by atoms with Crippen LogP contribution in [0.4, 0.5) is 0 Å². The Hall–Kier alpha value is -2.27. The Kier molecular flexibility index (Phi) is 6.32. The van der Waals surface area contributed by atoms with Crippen molar-refractivity contribution in [1.29, 1.82) is 0 Å². The van der Waals surface area contributed by atoms with Crippen LogP contribution in [0.15, 0.2) is 59.8 Å². The fourth-order valence-corrected chi connectivity index (χ4v) is 4.76. The van der Waals surface area contributed by atoms with E-state index in [1.165, 1.54) is 24.8 Å². The van der Waals surface area contributed by atoms with E-state index in [0.717, 1.165) is 42.0 Å². The highest BCUT2D eigenvalue weighted by Crippen LogP contribution is 2.25. The number of nitrogens with zero attached hydrogens (tertiary/aromatic N) is 2. The Labute approximate surface area is 170 Å². The van der Waals surface area contributed by atoms with E-state index < -0.39 is 0 Å². The number of carbonyl (C=O) groups is 1. The summed E-state index contributed by atoms with van der Waals surface area (Å²) in [4.78, 5) is 17.2. The summed E-state index contributed by atoms with van der Waals surface area (Å²) in [7, 11) is 0. The predicted molar refractivity (Wildman–Crippen MR) is 116 cm³/mol. The Morgan fingerprint density at radius 2 is 1.79 bits per heavy atom. The first-order valence-electron chi connectivity index (χ1n) is 10.2. The molecule has 5 heteroatoms. The van der Waals surface area contributed by atoms with Gasteiger partial charge in [0, 0.05) is 12.6 Å². The van der Waals surface area contributed by atoms with Crippen LogP contribution < -0.4 is 5.32 Å². The zero-order chi connectivity index (χ0) is 19.2. The second-order valence-corrected chi connectivity index (χ2v) is 8.40. The van der Waals surface area contributed by atoms with Gasteiger partial charge in [0.05, 0.1) is 16.8 Å². The lowest BCUT2D eigenvalue weighted by Gasteiger charge is -2.22. The number of fused-ring (bicyclic) bond motifs is 1. The molecule has 1 fully saturated rings. The van der Waals surface area contributed by atoms with E-state index in [1.807, 2.05) is 24.3 Å². The first kappa shape index (κ1) is 19.1. The van der Waals surface area contributed by atoms with Crippen LogP contribution in [0.2, 0.25) is 0 Å². The van der Waals surface area contributed by atoms with Crippen molar-refractivity contribution in [2.24, 2.45) is 0 Å². The summed E-state index contributed by atoms with van der Waals surface area (Å²) in [5.74, 6) is 0.545. The maximum absolute atomic E-state index is 12.4. The standard InChI is InChI=1S/C23H27N3OS/c27-22(24-19-11-5-2-6-12-19)17-28-23-25-20-13-7-8-14-21(20)26(23)16-15-18-9-3-1-4-10-18/h1,3-4,7-10,13-14,19H,2,5-6,11-12,15-17H2,(H,24,27). The van der Waals surface area contributed by atoms with Gasteiger partial charge in [-0.25, -0.2) is 4.98 Å². The van der Waals surface area contributed by atoms with E-state index in [4.69, 9.17) is 4.98 Å². The molecule has 1 amide bonds. The third-order valence-corrected chi connectivity index (χ3v) is 6.37. The molecule has 0 atom stereocenters. The number of thioether (sulfide) groups is 1. The minimum Gasteiger partial charge on any atom is -0.353 e. The van der Waals surface area contributed by atoms with Gasteiger partial charge in [0.25, 0.3) is 0 Å². The Bertz CT molecular complexity index is 916. The number of benzene rings is 2. The molecule has 1 aromatic heterocycles. The molecule has 0 aliphatic heterocycles. The number of carbonyl (C=O) groups excluding carboxylic acids is 1. The minimum atomic E-state index is 0.124. The SMILES string of the molecule is O=C(CSc1nc2ccccc2n1CCc1ccccc1)NC1CCCCC1. The molecule has 146 valence electrons. The van der Waals surface area contributed by atoms with E-state index in [9.17, 15) is 4.79 Å². The summed E-state index contributed by atoms with van der Waals surface area (Å²) in [5.41, 5.74) is 3.44. The van der Waals surface area contributed by atoms with Crippen molar-refractivity contribution < 1.29 is 4.79 Å². The summed E-state index contributed by atoms with van der Waals surface area (Å²) < 4.78 is 2.25. The molecule has 28 heavy (non-hydrogen) atoms. The largest absolute Gasteiger partial charge is 0.353 e. The first-order chi connectivity index (χ1) is 13.8.